The van der Waals surface area contributed by atoms with Crippen LogP contribution in [0.4, 0.5) is 0 Å². The molecule has 0 amide bonds. The normalized spacial score (nSPS) is 26.7. The Morgan fingerprint density at radius 3 is 2.52 bits per heavy atom. The minimum Gasteiger partial charge on any atom is -0.342 e. The van der Waals surface area contributed by atoms with Crippen molar-refractivity contribution in [3.8, 4) is 0 Å². The van der Waals surface area contributed by atoms with E-state index >= 15 is 0 Å². The lowest BCUT2D eigenvalue weighted by molar-refractivity contribution is 0.172. The van der Waals surface area contributed by atoms with Crippen LogP contribution in [0.1, 0.15) is 44.3 Å². The molecule has 2 fully saturated rings. The second kappa shape index (κ2) is 6.82. The van der Waals surface area contributed by atoms with Gasteiger partial charge in [-0.3, -0.25) is 0 Å². The number of rotatable bonds is 3. The average molecular weight is 332 g/mol. The molecule has 0 unspecified atom stereocenters. The van der Waals surface area contributed by atoms with Crippen LogP contribution in [0.5, 0.6) is 0 Å². The lowest BCUT2D eigenvalue weighted by Gasteiger charge is -2.35. The van der Waals surface area contributed by atoms with Crippen LogP contribution in [0.2, 0.25) is 5.02 Å². The van der Waals surface area contributed by atoms with E-state index in [-0.39, 0.29) is 0 Å². The Morgan fingerprint density at radius 1 is 1.00 bits per heavy atom. The zero-order chi connectivity index (χ0) is 15.6. The van der Waals surface area contributed by atoms with Crippen molar-refractivity contribution in [3.63, 3.8) is 0 Å². The van der Waals surface area contributed by atoms with Crippen molar-refractivity contribution in [2.45, 2.75) is 44.9 Å². The fourth-order valence-electron chi connectivity index (χ4n) is 4.58. The maximum atomic E-state index is 6.06. The minimum atomic E-state index is 0.773. The van der Waals surface area contributed by atoms with Gasteiger partial charge in [0.25, 0.3) is 0 Å². The van der Waals surface area contributed by atoms with E-state index in [2.05, 4.69) is 10.3 Å². The Morgan fingerprint density at radius 2 is 1.74 bits per heavy atom. The van der Waals surface area contributed by atoms with Gasteiger partial charge in [0, 0.05) is 11.4 Å². The van der Waals surface area contributed by atoms with Gasteiger partial charge in [-0.1, -0.05) is 11.6 Å². The first-order chi connectivity index (χ1) is 11.3. The molecule has 0 atom stereocenters. The molecule has 0 bridgehead atoms. The number of H-pyrrole nitrogens is 1. The van der Waals surface area contributed by atoms with Crippen molar-refractivity contribution in [1.29, 1.82) is 0 Å². The highest BCUT2D eigenvalue weighted by Gasteiger charge is 2.28. The number of hydrogen-bond acceptors (Lipinski definition) is 2. The van der Waals surface area contributed by atoms with Crippen LogP contribution in [0.15, 0.2) is 18.2 Å². The van der Waals surface area contributed by atoms with E-state index in [0.29, 0.717) is 0 Å². The fourth-order valence-corrected chi connectivity index (χ4v) is 4.76. The molecule has 23 heavy (non-hydrogen) atoms. The molecular formula is C19H26ClN3. The van der Waals surface area contributed by atoms with Crippen molar-refractivity contribution in [2.24, 2.45) is 17.8 Å². The van der Waals surface area contributed by atoms with E-state index in [1.807, 2.05) is 18.2 Å². The summed E-state index contributed by atoms with van der Waals surface area (Å²) < 4.78 is 0. The van der Waals surface area contributed by atoms with Gasteiger partial charge in [0.15, 0.2) is 0 Å². The number of halogens is 1. The lowest BCUT2D eigenvalue weighted by atomic mass is 9.72. The molecule has 1 saturated heterocycles. The maximum absolute atomic E-state index is 6.06. The van der Waals surface area contributed by atoms with Crippen LogP contribution >= 0.6 is 11.6 Å². The van der Waals surface area contributed by atoms with Crippen molar-refractivity contribution in [3.05, 3.63) is 29.0 Å². The Hall–Kier alpha value is -1.06. The van der Waals surface area contributed by atoms with Crippen LogP contribution in [-0.4, -0.2) is 23.1 Å². The Balaban J connectivity index is 1.34. The van der Waals surface area contributed by atoms with Gasteiger partial charge in [0.2, 0.25) is 0 Å². The van der Waals surface area contributed by atoms with Gasteiger partial charge in [-0.05, 0) is 87.6 Å². The van der Waals surface area contributed by atoms with Crippen LogP contribution < -0.4 is 5.32 Å². The number of nitrogens with zero attached hydrogens (tertiary/aromatic N) is 1. The van der Waals surface area contributed by atoms with Crippen molar-refractivity contribution in [2.75, 3.05) is 13.1 Å². The summed E-state index contributed by atoms with van der Waals surface area (Å²) >= 11 is 6.06. The van der Waals surface area contributed by atoms with Gasteiger partial charge in [0.1, 0.15) is 5.82 Å². The smallest absolute Gasteiger partial charge is 0.107 e. The number of nitrogens with one attached hydrogen (secondary N) is 2. The maximum Gasteiger partial charge on any atom is 0.107 e. The van der Waals surface area contributed by atoms with Crippen LogP contribution in [0, 0.1) is 17.8 Å². The zero-order valence-corrected chi connectivity index (χ0v) is 14.4. The standard InChI is InChI=1S/C19H26ClN3/c20-16-5-6-17-18(12-16)23-19(22-17)11-13-1-3-14(4-2-13)15-7-9-21-10-8-15/h5-6,12-15,21H,1-4,7-11H2,(H,22,23). The van der Waals surface area contributed by atoms with Crippen molar-refractivity contribution in [1.82, 2.24) is 15.3 Å². The summed E-state index contributed by atoms with van der Waals surface area (Å²) in [6.45, 7) is 2.46. The van der Waals surface area contributed by atoms with E-state index in [0.717, 1.165) is 46.1 Å². The van der Waals surface area contributed by atoms with E-state index in [4.69, 9.17) is 16.6 Å². The third-order valence-corrected chi connectivity index (χ3v) is 6.15. The van der Waals surface area contributed by atoms with Crippen LogP contribution in [0.3, 0.4) is 0 Å². The topological polar surface area (TPSA) is 40.7 Å². The van der Waals surface area contributed by atoms with Crippen molar-refractivity contribution < 1.29 is 0 Å². The summed E-state index contributed by atoms with van der Waals surface area (Å²) in [5, 5.41) is 4.26. The zero-order valence-electron chi connectivity index (χ0n) is 13.7. The summed E-state index contributed by atoms with van der Waals surface area (Å²) in [6.07, 6.45) is 9.44. The van der Waals surface area contributed by atoms with Gasteiger partial charge in [-0.25, -0.2) is 4.98 Å². The third-order valence-electron chi connectivity index (χ3n) is 5.92. The molecule has 124 valence electrons. The highest BCUT2D eigenvalue weighted by atomic mass is 35.5. The molecule has 0 spiro atoms. The summed E-state index contributed by atoms with van der Waals surface area (Å²) in [4.78, 5) is 8.19. The SMILES string of the molecule is Clc1ccc2nc(CC3CCC(C4CCNCC4)CC3)[nH]c2c1. The van der Waals surface area contributed by atoms with E-state index < -0.39 is 0 Å². The molecule has 1 aromatic heterocycles. The second-order valence-electron chi connectivity index (χ2n) is 7.42. The molecule has 0 radical (unpaired) electrons. The summed E-state index contributed by atoms with van der Waals surface area (Å²) in [7, 11) is 0. The predicted octanol–water partition coefficient (Wildman–Crippen LogP) is 4.56. The first-order valence-electron chi connectivity index (χ1n) is 9.13. The lowest BCUT2D eigenvalue weighted by Crippen LogP contribution is -2.33. The molecule has 2 aliphatic rings. The Kier molecular flexibility index (Phi) is 4.59. The van der Waals surface area contributed by atoms with E-state index in [1.54, 1.807) is 0 Å². The monoisotopic (exact) mass is 331 g/mol. The molecular weight excluding hydrogens is 306 g/mol. The summed E-state index contributed by atoms with van der Waals surface area (Å²) in [6, 6.07) is 5.89. The first-order valence-corrected chi connectivity index (χ1v) is 9.50. The van der Waals surface area contributed by atoms with E-state index in [9.17, 15) is 0 Å². The number of hydrogen-bond donors (Lipinski definition) is 2. The Bertz CT molecular complexity index is 652. The van der Waals surface area contributed by atoms with Gasteiger partial charge >= 0.3 is 0 Å². The number of imidazole rings is 1. The highest BCUT2D eigenvalue weighted by molar-refractivity contribution is 6.31. The molecule has 1 saturated carbocycles. The van der Waals surface area contributed by atoms with Gasteiger partial charge < -0.3 is 10.3 Å². The molecule has 1 aliphatic carbocycles. The number of piperidine rings is 1. The van der Waals surface area contributed by atoms with Crippen molar-refractivity contribution >= 4 is 22.6 Å². The van der Waals surface area contributed by atoms with E-state index in [1.165, 1.54) is 51.6 Å². The minimum absolute atomic E-state index is 0.773. The van der Waals surface area contributed by atoms with Gasteiger partial charge in [-0.2, -0.15) is 0 Å². The molecule has 4 heteroatoms. The average Bonchev–Trinajstić information content (AvgIpc) is 2.97. The molecule has 2 aromatic rings. The summed E-state index contributed by atoms with van der Waals surface area (Å²) in [5.41, 5.74) is 2.10. The van der Waals surface area contributed by atoms with Gasteiger partial charge in [0.05, 0.1) is 11.0 Å². The fraction of sp³-hybridized carbons (Fsp3) is 0.632. The molecule has 4 rings (SSSR count). The Labute approximate surface area is 143 Å². The first kappa shape index (κ1) is 15.5. The number of fused-ring (bicyclic) bond motifs is 1. The van der Waals surface area contributed by atoms with Crippen LogP contribution in [0.25, 0.3) is 11.0 Å². The molecule has 1 aromatic carbocycles. The third kappa shape index (κ3) is 3.56. The predicted molar refractivity (Wildman–Crippen MR) is 95.8 cm³/mol. The molecule has 3 nitrogen and oxygen atoms in total. The molecule has 2 N–H and O–H groups in total. The number of benzene rings is 1. The number of aromatic amines is 1. The number of aromatic nitrogens is 2. The second-order valence-corrected chi connectivity index (χ2v) is 7.85. The molecule has 2 heterocycles. The summed E-state index contributed by atoms with van der Waals surface area (Å²) in [5.74, 6) is 3.88. The highest BCUT2D eigenvalue weighted by Crippen LogP contribution is 2.38. The van der Waals surface area contributed by atoms with Gasteiger partial charge in [-0.15, -0.1) is 0 Å². The quantitative estimate of drug-likeness (QED) is 0.865. The largest absolute Gasteiger partial charge is 0.342 e. The molecule has 1 aliphatic heterocycles. The van der Waals surface area contributed by atoms with Crippen LogP contribution in [-0.2, 0) is 6.42 Å².